The van der Waals surface area contributed by atoms with Gasteiger partial charge in [-0.2, -0.15) is 0 Å². The van der Waals surface area contributed by atoms with Gasteiger partial charge in [-0.3, -0.25) is 9.59 Å². The zero-order chi connectivity index (χ0) is 11.4. The number of carbonyl (C=O) groups is 2. The summed E-state index contributed by atoms with van der Waals surface area (Å²) in [6.07, 6.45) is -4.00. The summed E-state index contributed by atoms with van der Waals surface area (Å²) in [5.41, 5.74) is 0.0467. The predicted octanol–water partition coefficient (Wildman–Crippen LogP) is 2.23. The molecule has 0 radical (unpaired) electrons. The van der Waals surface area contributed by atoms with E-state index in [1.54, 1.807) is 0 Å². The maximum absolute atomic E-state index is 12.4. The molecule has 0 spiro atoms. The van der Waals surface area contributed by atoms with Crippen molar-refractivity contribution in [2.45, 2.75) is 12.8 Å². The van der Waals surface area contributed by atoms with Crippen LogP contribution in [0.2, 0.25) is 0 Å². The zero-order valence-corrected chi connectivity index (χ0v) is 7.54. The molecule has 0 aliphatic carbocycles. The second-order valence-corrected chi connectivity index (χ2v) is 2.87. The van der Waals surface area contributed by atoms with Crippen LogP contribution in [0.1, 0.15) is 16.8 Å². The van der Waals surface area contributed by atoms with Crippen LogP contribution >= 0.6 is 0 Å². The van der Waals surface area contributed by atoms with Gasteiger partial charge in [-0.25, -0.2) is 13.2 Å². The van der Waals surface area contributed by atoms with Gasteiger partial charge < -0.3 is 0 Å². The van der Waals surface area contributed by atoms with Crippen LogP contribution in [-0.4, -0.2) is 18.0 Å². The summed E-state index contributed by atoms with van der Waals surface area (Å²) in [5, 5.41) is 0. The number of hydrogen-bond donors (Lipinski definition) is 0. The first-order valence-electron chi connectivity index (χ1n) is 4.10. The Bertz CT molecular complexity index is 371. The van der Waals surface area contributed by atoms with Gasteiger partial charge in [0.1, 0.15) is 5.82 Å². The minimum absolute atomic E-state index is 0.0467. The average molecular weight is 216 g/mol. The first-order chi connectivity index (χ1) is 7.00. The predicted molar refractivity (Wildman–Crippen MR) is 46.4 cm³/mol. The van der Waals surface area contributed by atoms with Crippen LogP contribution < -0.4 is 0 Å². The van der Waals surface area contributed by atoms with Crippen molar-refractivity contribution in [3.05, 3.63) is 35.6 Å². The SMILES string of the molecule is O=C(CC(=O)C(F)F)c1ccc(F)cc1. The van der Waals surface area contributed by atoms with Gasteiger partial charge in [-0.15, -0.1) is 0 Å². The van der Waals surface area contributed by atoms with E-state index >= 15 is 0 Å². The lowest BCUT2D eigenvalue weighted by Crippen LogP contribution is -2.15. The molecule has 1 aromatic rings. The Balaban J connectivity index is 2.69. The van der Waals surface area contributed by atoms with E-state index in [-0.39, 0.29) is 5.56 Å². The van der Waals surface area contributed by atoms with Crippen molar-refractivity contribution >= 4 is 11.6 Å². The molecule has 0 atom stereocenters. The molecule has 5 heteroatoms. The third kappa shape index (κ3) is 3.19. The molecule has 0 saturated carbocycles. The largest absolute Gasteiger partial charge is 0.296 e. The minimum Gasteiger partial charge on any atom is -0.294 e. The monoisotopic (exact) mass is 216 g/mol. The molecule has 0 N–H and O–H groups in total. The van der Waals surface area contributed by atoms with Gasteiger partial charge in [-0.05, 0) is 24.3 Å². The summed E-state index contributed by atoms with van der Waals surface area (Å²) in [7, 11) is 0. The number of rotatable bonds is 4. The molecule has 0 amide bonds. The van der Waals surface area contributed by atoms with Crippen LogP contribution in [0.25, 0.3) is 0 Å². The Kier molecular flexibility index (Phi) is 3.60. The van der Waals surface area contributed by atoms with Gasteiger partial charge in [0.15, 0.2) is 5.78 Å². The smallest absolute Gasteiger partial charge is 0.294 e. The molecular formula is C10H7F3O2. The van der Waals surface area contributed by atoms with Crippen molar-refractivity contribution in [1.82, 2.24) is 0 Å². The van der Waals surface area contributed by atoms with Crippen LogP contribution in [0.15, 0.2) is 24.3 Å². The highest BCUT2D eigenvalue weighted by Crippen LogP contribution is 2.08. The molecule has 0 saturated heterocycles. The molecule has 0 bridgehead atoms. The maximum atomic E-state index is 12.4. The normalized spacial score (nSPS) is 10.4. The van der Waals surface area contributed by atoms with Gasteiger partial charge in [0, 0.05) is 5.56 Å². The number of carbonyl (C=O) groups excluding carboxylic acids is 2. The lowest BCUT2D eigenvalue weighted by molar-refractivity contribution is -0.128. The van der Waals surface area contributed by atoms with Gasteiger partial charge in [0.2, 0.25) is 5.78 Å². The van der Waals surface area contributed by atoms with Crippen molar-refractivity contribution in [2.24, 2.45) is 0 Å². The van der Waals surface area contributed by atoms with E-state index in [1.807, 2.05) is 0 Å². The first-order valence-corrected chi connectivity index (χ1v) is 4.10. The van der Waals surface area contributed by atoms with Crippen molar-refractivity contribution < 1.29 is 22.8 Å². The highest BCUT2D eigenvalue weighted by atomic mass is 19.3. The molecule has 0 unspecified atom stereocenters. The molecular weight excluding hydrogens is 209 g/mol. The second-order valence-electron chi connectivity index (χ2n) is 2.87. The fourth-order valence-corrected chi connectivity index (χ4v) is 0.973. The fourth-order valence-electron chi connectivity index (χ4n) is 0.973. The van der Waals surface area contributed by atoms with Crippen molar-refractivity contribution in [1.29, 1.82) is 0 Å². The first kappa shape index (κ1) is 11.4. The lowest BCUT2D eigenvalue weighted by Gasteiger charge is -1.99. The molecule has 0 heterocycles. The quantitative estimate of drug-likeness (QED) is 0.571. The summed E-state index contributed by atoms with van der Waals surface area (Å²) in [6.45, 7) is 0. The molecule has 0 aliphatic heterocycles. The van der Waals surface area contributed by atoms with E-state index in [0.29, 0.717) is 0 Å². The zero-order valence-electron chi connectivity index (χ0n) is 7.54. The van der Waals surface area contributed by atoms with Gasteiger partial charge >= 0.3 is 0 Å². The number of Topliss-reactive ketones (excluding diaryl/α,β-unsaturated/α-hetero) is 2. The van der Waals surface area contributed by atoms with Gasteiger partial charge in [-0.1, -0.05) is 0 Å². The van der Waals surface area contributed by atoms with Crippen molar-refractivity contribution in [2.75, 3.05) is 0 Å². The molecule has 80 valence electrons. The molecule has 1 aromatic carbocycles. The molecule has 2 nitrogen and oxygen atoms in total. The van der Waals surface area contributed by atoms with Crippen molar-refractivity contribution in [3.63, 3.8) is 0 Å². The Labute approximate surface area is 83.7 Å². The van der Waals surface area contributed by atoms with Crippen LogP contribution in [0.5, 0.6) is 0 Å². The average Bonchev–Trinajstić information content (AvgIpc) is 2.18. The summed E-state index contributed by atoms with van der Waals surface area (Å²) < 4.78 is 36.1. The van der Waals surface area contributed by atoms with Crippen molar-refractivity contribution in [3.8, 4) is 0 Å². The number of alkyl halides is 2. The van der Waals surface area contributed by atoms with E-state index in [4.69, 9.17) is 0 Å². The summed E-state index contributed by atoms with van der Waals surface area (Å²) in [6, 6.07) is 4.35. The lowest BCUT2D eigenvalue weighted by atomic mass is 10.1. The van der Waals surface area contributed by atoms with Crippen LogP contribution in [0.3, 0.4) is 0 Å². The number of hydrogen-bond acceptors (Lipinski definition) is 2. The summed E-state index contributed by atoms with van der Waals surface area (Å²) in [5.74, 6) is -2.70. The Morgan fingerprint density at radius 3 is 2.13 bits per heavy atom. The fraction of sp³-hybridized carbons (Fsp3) is 0.200. The standard InChI is InChI=1S/C10H7F3O2/c11-7-3-1-6(2-4-7)8(14)5-9(15)10(12)13/h1-4,10H,5H2. The Hall–Kier alpha value is -1.65. The molecule has 15 heavy (non-hydrogen) atoms. The highest BCUT2D eigenvalue weighted by molar-refractivity contribution is 6.08. The van der Waals surface area contributed by atoms with E-state index in [0.717, 1.165) is 24.3 Å². The van der Waals surface area contributed by atoms with Crippen LogP contribution in [-0.2, 0) is 4.79 Å². The minimum atomic E-state index is -3.14. The Morgan fingerprint density at radius 1 is 1.13 bits per heavy atom. The van der Waals surface area contributed by atoms with Crippen LogP contribution in [0.4, 0.5) is 13.2 Å². The molecule has 0 aromatic heterocycles. The van der Waals surface area contributed by atoms with E-state index in [1.165, 1.54) is 0 Å². The van der Waals surface area contributed by atoms with E-state index < -0.39 is 30.2 Å². The van der Waals surface area contributed by atoms with E-state index in [9.17, 15) is 22.8 Å². The summed E-state index contributed by atoms with van der Waals surface area (Å²) in [4.78, 5) is 21.7. The maximum Gasteiger partial charge on any atom is 0.296 e. The third-order valence-electron chi connectivity index (χ3n) is 1.74. The van der Waals surface area contributed by atoms with Gasteiger partial charge in [0.25, 0.3) is 6.43 Å². The number of halogens is 3. The number of ketones is 2. The Morgan fingerprint density at radius 2 is 1.67 bits per heavy atom. The summed E-state index contributed by atoms with van der Waals surface area (Å²) >= 11 is 0. The molecule has 0 aliphatic rings. The second kappa shape index (κ2) is 4.72. The molecule has 1 rings (SSSR count). The molecule has 0 fully saturated rings. The van der Waals surface area contributed by atoms with Crippen LogP contribution in [0, 0.1) is 5.82 Å². The number of benzene rings is 1. The van der Waals surface area contributed by atoms with E-state index in [2.05, 4.69) is 0 Å². The third-order valence-corrected chi connectivity index (χ3v) is 1.74. The highest BCUT2D eigenvalue weighted by Gasteiger charge is 2.19. The topological polar surface area (TPSA) is 34.1 Å². The van der Waals surface area contributed by atoms with Gasteiger partial charge in [0.05, 0.1) is 6.42 Å².